The van der Waals surface area contributed by atoms with Crippen molar-refractivity contribution in [2.45, 2.75) is 39.7 Å². The molecule has 1 fully saturated rings. The fourth-order valence-corrected chi connectivity index (χ4v) is 3.66. The van der Waals surface area contributed by atoms with Crippen molar-refractivity contribution in [1.29, 1.82) is 0 Å². The highest BCUT2D eigenvalue weighted by molar-refractivity contribution is 7.11. The average molecular weight is 337 g/mol. The fourth-order valence-electron chi connectivity index (χ4n) is 2.83. The summed E-state index contributed by atoms with van der Waals surface area (Å²) in [7, 11) is 1.75. The van der Waals surface area contributed by atoms with Crippen LogP contribution < -0.4 is 10.6 Å². The van der Waals surface area contributed by atoms with Crippen LogP contribution >= 0.6 is 11.3 Å². The minimum Gasteiger partial charge on any atom is -0.356 e. The van der Waals surface area contributed by atoms with Crippen LogP contribution in [-0.4, -0.2) is 43.4 Å². The first-order valence-corrected chi connectivity index (χ1v) is 9.17. The predicted octanol–water partition coefficient (Wildman–Crippen LogP) is 2.37. The van der Waals surface area contributed by atoms with E-state index in [2.05, 4.69) is 41.6 Å². The first-order chi connectivity index (χ1) is 11.1. The van der Waals surface area contributed by atoms with E-state index in [0.717, 1.165) is 32.0 Å². The van der Waals surface area contributed by atoms with Crippen molar-refractivity contribution in [3.8, 4) is 0 Å². The Labute approximate surface area is 143 Å². The molecule has 1 aliphatic rings. The highest BCUT2D eigenvalue weighted by atomic mass is 32.1. The molecular weight excluding hydrogens is 308 g/mol. The van der Waals surface area contributed by atoms with E-state index in [1.54, 1.807) is 18.4 Å². The van der Waals surface area contributed by atoms with Gasteiger partial charge < -0.3 is 15.5 Å². The molecule has 6 heteroatoms. The molecule has 2 heterocycles. The molecule has 1 aliphatic heterocycles. The lowest BCUT2D eigenvalue weighted by Gasteiger charge is -2.31. The Hall–Kier alpha value is -1.56. The van der Waals surface area contributed by atoms with E-state index in [0.29, 0.717) is 18.9 Å². The van der Waals surface area contributed by atoms with Crippen molar-refractivity contribution in [1.82, 2.24) is 15.5 Å². The lowest BCUT2D eigenvalue weighted by Crippen LogP contribution is -2.42. The third-order valence-corrected chi connectivity index (χ3v) is 5.09. The van der Waals surface area contributed by atoms with Crippen LogP contribution in [-0.2, 0) is 11.3 Å². The molecule has 2 N–H and O–H groups in total. The van der Waals surface area contributed by atoms with Crippen LogP contribution in [0.15, 0.2) is 17.1 Å². The lowest BCUT2D eigenvalue weighted by atomic mass is 10.00. The number of amides is 1. The zero-order chi connectivity index (χ0) is 16.7. The summed E-state index contributed by atoms with van der Waals surface area (Å²) in [6, 6.07) is 4.25. The number of aliphatic imine (C=N–C) groups is 1. The summed E-state index contributed by atoms with van der Waals surface area (Å²) >= 11 is 1.78. The largest absolute Gasteiger partial charge is 0.356 e. The second kappa shape index (κ2) is 8.91. The maximum Gasteiger partial charge on any atom is 0.224 e. The van der Waals surface area contributed by atoms with Crippen molar-refractivity contribution in [2.24, 2.45) is 10.9 Å². The van der Waals surface area contributed by atoms with Gasteiger partial charge in [-0.05, 0) is 37.8 Å². The van der Waals surface area contributed by atoms with Gasteiger partial charge in [0.1, 0.15) is 0 Å². The molecule has 1 atom stereocenters. The van der Waals surface area contributed by atoms with Crippen molar-refractivity contribution < 1.29 is 4.79 Å². The van der Waals surface area contributed by atoms with Gasteiger partial charge in [0.05, 0.1) is 6.54 Å². The lowest BCUT2D eigenvalue weighted by molar-refractivity contribution is -0.132. The van der Waals surface area contributed by atoms with Gasteiger partial charge in [0, 0.05) is 42.9 Å². The number of piperidine rings is 1. The molecule has 1 saturated heterocycles. The normalized spacial score (nSPS) is 18.8. The SMILES string of the molecule is CN=C(NCCC(=O)N1CCCC(C)C1)NCc1ccc(C)s1. The van der Waals surface area contributed by atoms with Crippen LogP contribution in [0.5, 0.6) is 0 Å². The summed E-state index contributed by atoms with van der Waals surface area (Å²) in [4.78, 5) is 21.0. The van der Waals surface area contributed by atoms with E-state index >= 15 is 0 Å². The van der Waals surface area contributed by atoms with Gasteiger partial charge in [-0.2, -0.15) is 0 Å². The number of hydrogen-bond donors (Lipinski definition) is 2. The highest BCUT2D eigenvalue weighted by Gasteiger charge is 2.20. The number of carbonyl (C=O) groups excluding carboxylic acids is 1. The average Bonchev–Trinajstić information content (AvgIpc) is 2.96. The minimum absolute atomic E-state index is 0.244. The van der Waals surface area contributed by atoms with Crippen LogP contribution in [0.25, 0.3) is 0 Å². The van der Waals surface area contributed by atoms with E-state index in [-0.39, 0.29) is 5.91 Å². The molecule has 0 bridgehead atoms. The second-order valence-electron chi connectivity index (χ2n) is 6.20. The number of guanidine groups is 1. The molecule has 5 nitrogen and oxygen atoms in total. The third-order valence-electron chi connectivity index (χ3n) is 4.09. The zero-order valence-corrected chi connectivity index (χ0v) is 15.2. The van der Waals surface area contributed by atoms with E-state index in [9.17, 15) is 4.79 Å². The third kappa shape index (κ3) is 5.86. The number of rotatable bonds is 5. The van der Waals surface area contributed by atoms with Gasteiger partial charge in [-0.25, -0.2) is 0 Å². The molecule has 0 radical (unpaired) electrons. The number of thiophene rings is 1. The van der Waals surface area contributed by atoms with Crippen LogP contribution in [0.3, 0.4) is 0 Å². The first kappa shape index (κ1) is 17.8. The molecule has 0 aromatic carbocycles. The monoisotopic (exact) mass is 336 g/mol. The van der Waals surface area contributed by atoms with Gasteiger partial charge >= 0.3 is 0 Å². The molecule has 0 spiro atoms. The molecular formula is C17H28N4OS. The number of hydrogen-bond acceptors (Lipinski definition) is 3. The van der Waals surface area contributed by atoms with Gasteiger partial charge in [-0.3, -0.25) is 9.79 Å². The Morgan fingerprint density at radius 2 is 2.26 bits per heavy atom. The van der Waals surface area contributed by atoms with E-state index in [4.69, 9.17) is 0 Å². The number of nitrogens with one attached hydrogen (secondary N) is 2. The molecule has 23 heavy (non-hydrogen) atoms. The maximum atomic E-state index is 12.2. The summed E-state index contributed by atoms with van der Waals surface area (Å²) < 4.78 is 0. The molecule has 1 aromatic rings. The van der Waals surface area contributed by atoms with E-state index < -0.39 is 0 Å². The maximum absolute atomic E-state index is 12.2. The summed E-state index contributed by atoms with van der Waals surface area (Å²) in [5.74, 6) is 1.62. The Bertz CT molecular complexity index is 540. The minimum atomic E-state index is 0.244. The Kier molecular flexibility index (Phi) is 6.89. The zero-order valence-electron chi connectivity index (χ0n) is 14.4. The molecule has 0 saturated carbocycles. The first-order valence-electron chi connectivity index (χ1n) is 8.36. The number of nitrogens with zero attached hydrogens (tertiary/aromatic N) is 2. The molecule has 1 aromatic heterocycles. The second-order valence-corrected chi connectivity index (χ2v) is 7.57. The van der Waals surface area contributed by atoms with Gasteiger partial charge in [-0.15, -0.1) is 11.3 Å². The van der Waals surface area contributed by atoms with Crippen molar-refractivity contribution >= 4 is 23.2 Å². The highest BCUT2D eigenvalue weighted by Crippen LogP contribution is 2.16. The van der Waals surface area contributed by atoms with Gasteiger partial charge in [0.25, 0.3) is 0 Å². The number of aryl methyl sites for hydroxylation is 1. The topological polar surface area (TPSA) is 56.7 Å². The van der Waals surface area contributed by atoms with Crippen LogP contribution in [0, 0.1) is 12.8 Å². The summed E-state index contributed by atoms with van der Waals surface area (Å²) in [6.45, 7) is 7.52. The molecule has 1 unspecified atom stereocenters. The molecule has 1 amide bonds. The van der Waals surface area contributed by atoms with Crippen LogP contribution in [0.4, 0.5) is 0 Å². The van der Waals surface area contributed by atoms with E-state index in [1.165, 1.54) is 16.2 Å². The van der Waals surface area contributed by atoms with Gasteiger partial charge in [-0.1, -0.05) is 6.92 Å². The van der Waals surface area contributed by atoms with Crippen LogP contribution in [0.2, 0.25) is 0 Å². The summed E-state index contributed by atoms with van der Waals surface area (Å²) in [5, 5.41) is 6.51. The Balaban J connectivity index is 1.68. The van der Waals surface area contributed by atoms with Crippen molar-refractivity contribution in [3.05, 3.63) is 21.9 Å². The van der Waals surface area contributed by atoms with Gasteiger partial charge in [0.15, 0.2) is 5.96 Å². The Morgan fingerprint density at radius 3 is 2.91 bits per heavy atom. The predicted molar refractivity (Wildman–Crippen MR) is 96.9 cm³/mol. The number of likely N-dealkylation sites (tertiary alicyclic amines) is 1. The summed E-state index contributed by atoms with van der Waals surface area (Å²) in [6.07, 6.45) is 2.89. The van der Waals surface area contributed by atoms with Crippen LogP contribution in [0.1, 0.15) is 35.9 Å². The quantitative estimate of drug-likeness (QED) is 0.641. The van der Waals surface area contributed by atoms with Gasteiger partial charge in [0.2, 0.25) is 5.91 Å². The van der Waals surface area contributed by atoms with Crippen molar-refractivity contribution in [2.75, 3.05) is 26.7 Å². The smallest absolute Gasteiger partial charge is 0.224 e. The van der Waals surface area contributed by atoms with E-state index in [1.807, 2.05) is 4.90 Å². The summed E-state index contributed by atoms with van der Waals surface area (Å²) in [5.41, 5.74) is 0. The van der Waals surface area contributed by atoms with Crippen molar-refractivity contribution in [3.63, 3.8) is 0 Å². The fraction of sp³-hybridized carbons (Fsp3) is 0.647. The molecule has 2 rings (SSSR count). The Morgan fingerprint density at radius 1 is 1.43 bits per heavy atom. The number of carbonyl (C=O) groups is 1. The standard InChI is InChI=1S/C17H28N4OS/c1-13-5-4-10-21(12-13)16(22)8-9-19-17(18-3)20-11-15-7-6-14(2)23-15/h6-7,13H,4-5,8-12H2,1-3H3,(H2,18,19,20). The molecule has 0 aliphatic carbocycles. The molecule has 128 valence electrons.